The molecule has 2 nitrogen and oxygen atoms in total. The van der Waals surface area contributed by atoms with E-state index in [4.69, 9.17) is 4.74 Å². The number of para-hydroxylation sites is 1. The van der Waals surface area contributed by atoms with Crippen molar-refractivity contribution in [3.8, 4) is 5.75 Å². The molecule has 0 aliphatic rings. The minimum absolute atomic E-state index is 0.363. The van der Waals surface area contributed by atoms with Crippen molar-refractivity contribution in [3.63, 3.8) is 0 Å². The predicted molar refractivity (Wildman–Crippen MR) is 74.3 cm³/mol. The summed E-state index contributed by atoms with van der Waals surface area (Å²) in [5.41, 5.74) is 2.39. The Morgan fingerprint density at radius 2 is 2.18 bits per heavy atom. The number of nitrogens with one attached hydrogen (secondary N) is 1. The van der Waals surface area contributed by atoms with Gasteiger partial charge < -0.3 is 10.1 Å². The summed E-state index contributed by atoms with van der Waals surface area (Å²) < 4.78 is 5.62. The number of hydrogen-bond acceptors (Lipinski definition) is 2. The molecule has 1 unspecified atom stereocenters. The molecule has 1 N–H and O–H groups in total. The zero-order valence-electron chi connectivity index (χ0n) is 10.9. The van der Waals surface area contributed by atoms with E-state index < -0.39 is 0 Å². The van der Waals surface area contributed by atoms with E-state index in [-0.39, 0.29) is 0 Å². The molecule has 0 amide bonds. The summed E-state index contributed by atoms with van der Waals surface area (Å²) >= 11 is 0. The Balaban J connectivity index is 2.92. The van der Waals surface area contributed by atoms with Crippen LogP contribution in [0.1, 0.15) is 19.4 Å². The standard InChI is InChI=1S/C15H21NO/c1-5-10-17-15-9-7-6-8-14(15)11-12(2)13(3)16-4/h5-9,11,13,16H,1,10H2,2-4H3/b12-11+. The lowest BCUT2D eigenvalue weighted by Crippen LogP contribution is -2.21. The molecule has 1 rings (SSSR count). The first-order chi connectivity index (χ1) is 8.19. The number of hydrogen-bond donors (Lipinski definition) is 1. The van der Waals surface area contributed by atoms with Gasteiger partial charge in [-0.25, -0.2) is 0 Å². The Kier molecular flexibility index (Phi) is 5.50. The molecule has 0 bridgehead atoms. The molecule has 0 fully saturated rings. The van der Waals surface area contributed by atoms with Gasteiger partial charge in [0.15, 0.2) is 0 Å². The van der Waals surface area contributed by atoms with Crippen molar-refractivity contribution in [3.05, 3.63) is 48.1 Å². The Hall–Kier alpha value is -1.54. The van der Waals surface area contributed by atoms with Crippen molar-refractivity contribution in [2.45, 2.75) is 19.9 Å². The van der Waals surface area contributed by atoms with E-state index in [1.165, 1.54) is 5.57 Å². The van der Waals surface area contributed by atoms with Gasteiger partial charge in [-0.05, 0) is 27.0 Å². The van der Waals surface area contributed by atoms with Gasteiger partial charge in [0.2, 0.25) is 0 Å². The molecule has 1 aromatic carbocycles. The normalized spacial score (nSPS) is 13.2. The van der Waals surface area contributed by atoms with E-state index in [2.05, 4.69) is 37.9 Å². The van der Waals surface area contributed by atoms with E-state index in [0.29, 0.717) is 12.6 Å². The Morgan fingerprint density at radius 3 is 2.82 bits per heavy atom. The van der Waals surface area contributed by atoms with Crippen molar-refractivity contribution in [2.75, 3.05) is 13.7 Å². The van der Waals surface area contributed by atoms with Gasteiger partial charge in [-0.1, -0.05) is 42.5 Å². The summed E-state index contributed by atoms with van der Waals surface area (Å²) in [6.07, 6.45) is 3.91. The first-order valence-electron chi connectivity index (χ1n) is 5.87. The van der Waals surface area contributed by atoms with Gasteiger partial charge in [-0.15, -0.1) is 0 Å². The summed E-state index contributed by atoms with van der Waals surface area (Å²) in [5.74, 6) is 0.898. The van der Waals surface area contributed by atoms with Crippen molar-refractivity contribution in [1.82, 2.24) is 5.32 Å². The van der Waals surface area contributed by atoms with Crippen LogP contribution in [-0.4, -0.2) is 19.7 Å². The quantitative estimate of drug-likeness (QED) is 0.759. The second kappa shape index (κ2) is 6.92. The van der Waals surface area contributed by atoms with Crippen LogP contribution in [0.15, 0.2) is 42.5 Å². The summed E-state index contributed by atoms with van der Waals surface area (Å²) in [7, 11) is 1.96. The van der Waals surface area contributed by atoms with Crippen LogP contribution in [0.5, 0.6) is 5.75 Å². The van der Waals surface area contributed by atoms with Gasteiger partial charge >= 0.3 is 0 Å². The molecular formula is C15H21NO. The minimum atomic E-state index is 0.363. The van der Waals surface area contributed by atoms with Gasteiger partial charge in [0.1, 0.15) is 12.4 Å². The summed E-state index contributed by atoms with van der Waals surface area (Å²) in [4.78, 5) is 0. The first-order valence-corrected chi connectivity index (χ1v) is 5.87. The third kappa shape index (κ3) is 4.08. The third-order valence-corrected chi connectivity index (χ3v) is 2.77. The highest BCUT2D eigenvalue weighted by Gasteiger charge is 2.03. The second-order valence-corrected chi connectivity index (χ2v) is 4.04. The minimum Gasteiger partial charge on any atom is -0.489 e. The van der Waals surface area contributed by atoms with Gasteiger partial charge in [0.05, 0.1) is 0 Å². The van der Waals surface area contributed by atoms with Crippen LogP contribution >= 0.6 is 0 Å². The van der Waals surface area contributed by atoms with Crippen molar-refractivity contribution >= 4 is 6.08 Å². The number of likely N-dealkylation sites (N-methyl/N-ethyl adjacent to an activating group) is 1. The zero-order chi connectivity index (χ0) is 12.7. The Morgan fingerprint density at radius 1 is 1.47 bits per heavy atom. The van der Waals surface area contributed by atoms with E-state index in [9.17, 15) is 0 Å². The van der Waals surface area contributed by atoms with Crippen LogP contribution in [0.3, 0.4) is 0 Å². The van der Waals surface area contributed by atoms with Crippen molar-refractivity contribution in [2.24, 2.45) is 0 Å². The molecule has 92 valence electrons. The highest BCUT2D eigenvalue weighted by atomic mass is 16.5. The lowest BCUT2D eigenvalue weighted by Gasteiger charge is -2.12. The lowest BCUT2D eigenvalue weighted by molar-refractivity contribution is 0.362. The number of ether oxygens (including phenoxy) is 1. The summed E-state index contributed by atoms with van der Waals surface area (Å²) in [6, 6.07) is 8.40. The monoisotopic (exact) mass is 231 g/mol. The molecule has 0 heterocycles. The van der Waals surface area contributed by atoms with Crippen LogP contribution in [-0.2, 0) is 0 Å². The highest BCUT2D eigenvalue weighted by molar-refractivity contribution is 5.60. The fourth-order valence-corrected chi connectivity index (χ4v) is 1.48. The van der Waals surface area contributed by atoms with E-state index >= 15 is 0 Å². The zero-order valence-corrected chi connectivity index (χ0v) is 10.9. The molecule has 0 aromatic heterocycles. The van der Waals surface area contributed by atoms with Gasteiger partial charge in [-0.3, -0.25) is 0 Å². The van der Waals surface area contributed by atoms with Crippen molar-refractivity contribution < 1.29 is 4.74 Å². The molecule has 1 atom stereocenters. The molecule has 2 heteroatoms. The fraction of sp³-hybridized carbons (Fsp3) is 0.333. The summed E-state index contributed by atoms with van der Waals surface area (Å²) in [5, 5.41) is 3.22. The van der Waals surface area contributed by atoms with Crippen LogP contribution in [0, 0.1) is 0 Å². The average Bonchev–Trinajstić information content (AvgIpc) is 2.36. The van der Waals surface area contributed by atoms with Crippen LogP contribution in [0.2, 0.25) is 0 Å². The molecule has 0 aliphatic heterocycles. The molecule has 17 heavy (non-hydrogen) atoms. The maximum atomic E-state index is 5.62. The van der Waals surface area contributed by atoms with Crippen LogP contribution in [0.25, 0.3) is 6.08 Å². The molecule has 0 aliphatic carbocycles. The molecule has 0 radical (unpaired) electrons. The molecule has 0 saturated heterocycles. The van der Waals surface area contributed by atoms with Crippen LogP contribution in [0.4, 0.5) is 0 Å². The van der Waals surface area contributed by atoms with E-state index in [1.54, 1.807) is 6.08 Å². The van der Waals surface area contributed by atoms with Gasteiger partial charge in [0.25, 0.3) is 0 Å². The lowest BCUT2D eigenvalue weighted by atomic mass is 10.1. The number of rotatable bonds is 6. The average molecular weight is 231 g/mol. The van der Waals surface area contributed by atoms with Crippen molar-refractivity contribution in [1.29, 1.82) is 0 Å². The second-order valence-electron chi connectivity index (χ2n) is 4.04. The largest absolute Gasteiger partial charge is 0.489 e. The predicted octanol–water partition coefficient (Wildman–Crippen LogP) is 3.26. The SMILES string of the molecule is C=CCOc1ccccc1/C=C(\C)C(C)NC. The molecule has 0 spiro atoms. The molecular weight excluding hydrogens is 210 g/mol. The third-order valence-electron chi connectivity index (χ3n) is 2.77. The maximum Gasteiger partial charge on any atom is 0.126 e. The first kappa shape index (κ1) is 13.5. The van der Waals surface area contributed by atoms with E-state index in [1.807, 2.05) is 25.2 Å². The number of benzene rings is 1. The highest BCUT2D eigenvalue weighted by Crippen LogP contribution is 2.21. The topological polar surface area (TPSA) is 21.3 Å². The van der Waals surface area contributed by atoms with Crippen LogP contribution < -0.4 is 10.1 Å². The Bertz CT molecular complexity index is 396. The van der Waals surface area contributed by atoms with Gasteiger partial charge in [-0.2, -0.15) is 0 Å². The molecule has 1 aromatic rings. The summed E-state index contributed by atoms with van der Waals surface area (Å²) in [6.45, 7) is 8.45. The van der Waals surface area contributed by atoms with Gasteiger partial charge in [0, 0.05) is 11.6 Å². The Labute approximate surface area is 104 Å². The molecule has 0 saturated carbocycles. The maximum absolute atomic E-state index is 5.62. The van der Waals surface area contributed by atoms with E-state index in [0.717, 1.165) is 11.3 Å². The smallest absolute Gasteiger partial charge is 0.126 e. The fourth-order valence-electron chi connectivity index (χ4n) is 1.48.